The Bertz CT molecular complexity index is 1090. The molecule has 0 saturated heterocycles. The second-order valence-corrected chi connectivity index (χ2v) is 9.20. The third kappa shape index (κ3) is 5.55. The zero-order valence-corrected chi connectivity index (χ0v) is 20.8. The topological polar surface area (TPSA) is 82.6 Å². The molecule has 3 aromatic rings. The predicted octanol–water partition coefficient (Wildman–Crippen LogP) is 3.93. The number of anilines is 3. The molecule has 1 atom stereocenters. The molecule has 2 aromatic heterocycles. The van der Waals surface area contributed by atoms with Crippen LogP contribution in [0.5, 0.6) is 0 Å². The third-order valence-corrected chi connectivity index (χ3v) is 6.75. The number of nitrogens with one attached hydrogen (secondary N) is 2. The maximum Gasteiger partial charge on any atom is 0.263 e. The quantitative estimate of drug-likeness (QED) is 0.455. The van der Waals surface area contributed by atoms with Crippen molar-refractivity contribution in [1.29, 1.82) is 0 Å². The number of fused-ring (bicyclic) bond motifs is 1. The van der Waals surface area contributed by atoms with E-state index >= 15 is 0 Å². The van der Waals surface area contributed by atoms with Crippen LogP contribution < -0.4 is 20.4 Å². The molecule has 1 aliphatic heterocycles. The summed E-state index contributed by atoms with van der Waals surface area (Å²) in [7, 11) is 3.91. The molecule has 0 aliphatic carbocycles. The van der Waals surface area contributed by atoms with E-state index in [1.54, 1.807) is 22.4 Å². The van der Waals surface area contributed by atoms with E-state index in [4.69, 9.17) is 4.74 Å². The highest BCUT2D eigenvalue weighted by Crippen LogP contribution is 2.29. The summed E-state index contributed by atoms with van der Waals surface area (Å²) in [6, 6.07) is 12.2. The normalized spacial score (nSPS) is 14.6. The number of hydrogen-bond acceptors (Lipinski definition) is 8. The van der Waals surface area contributed by atoms with Gasteiger partial charge >= 0.3 is 0 Å². The lowest BCUT2D eigenvalue weighted by molar-refractivity contribution is 0.0367. The van der Waals surface area contributed by atoms with Gasteiger partial charge in [0, 0.05) is 43.4 Å². The van der Waals surface area contributed by atoms with E-state index in [1.807, 2.05) is 50.2 Å². The first kappa shape index (κ1) is 24.1. The highest BCUT2D eigenvalue weighted by molar-refractivity contribution is 7.10. The first-order valence-corrected chi connectivity index (χ1v) is 12.5. The largest absolute Gasteiger partial charge is 0.368 e. The zero-order valence-electron chi connectivity index (χ0n) is 20.0. The first-order valence-electron chi connectivity index (χ1n) is 11.6. The standard InChI is InChI=1S/C25H32N6O2S/c1-4-27-25-28-16-20-23(29-25)30(3)12-13-31(24(20)32)19-8-5-7-18(15-19)17-33-21(10-11-26-2)22-9-6-14-34-22/h5-9,14-16,21,26H,4,10-13,17H2,1-3H3,(H,27,28,29)/t21-/m1/s1. The second-order valence-electron chi connectivity index (χ2n) is 8.22. The number of carbonyl (C=O) groups is 1. The van der Waals surface area contributed by atoms with Gasteiger partial charge in [-0.2, -0.15) is 4.98 Å². The number of hydrogen-bond donors (Lipinski definition) is 2. The van der Waals surface area contributed by atoms with Crippen molar-refractivity contribution in [3.05, 3.63) is 64.0 Å². The van der Waals surface area contributed by atoms with E-state index in [0.29, 0.717) is 37.0 Å². The van der Waals surface area contributed by atoms with E-state index in [2.05, 4.69) is 38.1 Å². The van der Waals surface area contributed by atoms with Crippen molar-refractivity contribution in [3.8, 4) is 0 Å². The lowest BCUT2D eigenvalue weighted by Gasteiger charge is -2.22. The number of amides is 1. The Morgan fingerprint density at radius 1 is 1.24 bits per heavy atom. The van der Waals surface area contributed by atoms with Gasteiger partial charge < -0.3 is 25.2 Å². The molecule has 0 saturated carbocycles. The van der Waals surface area contributed by atoms with Crippen LogP contribution in [0.2, 0.25) is 0 Å². The fraction of sp³-hybridized carbons (Fsp3) is 0.400. The maximum atomic E-state index is 13.5. The molecule has 0 fully saturated rings. The molecule has 4 rings (SSSR count). The van der Waals surface area contributed by atoms with Crippen LogP contribution >= 0.6 is 11.3 Å². The fourth-order valence-electron chi connectivity index (χ4n) is 3.98. The lowest BCUT2D eigenvalue weighted by Crippen LogP contribution is -2.33. The number of aromatic nitrogens is 2. The van der Waals surface area contributed by atoms with Gasteiger partial charge in [-0.1, -0.05) is 18.2 Å². The summed E-state index contributed by atoms with van der Waals surface area (Å²) in [5.74, 6) is 1.10. The minimum absolute atomic E-state index is 0.0412. The minimum Gasteiger partial charge on any atom is -0.368 e. The van der Waals surface area contributed by atoms with Gasteiger partial charge in [0.15, 0.2) is 0 Å². The van der Waals surface area contributed by atoms with Crippen LogP contribution in [0.1, 0.15) is 40.2 Å². The van der Waals surface area contributed by atoms with Crippen LogP contribution in [0.25, 0.3) is 0 Å². The number of nitrogens with zero attached hydrogens (tertiary/aromatic N) is 4. The predicted molar refractivity (Wildman–Crippen MR) is 138 cm³/mol. The zero-order chi connectivity index (χ0) is 23.9. The Balaban J connectivity index is 1.52. The molecule has 3 heterocycles. The Morgan fingerprint density at radius 2 is 2.12 bits per heavy atom. The molecule has 0 unspecified atom stereocenters. The van der Waals surface area contributed by atoms with Crippen molar-refractivity contribution in [3.63, 3.8) is 0 Å². The maximum absolute atomic E-state index is 13.5. The first-order chi connectivity index (χ1) is 16.6. The molecule has 1 aromatic carbocycles. The molecule has 0 radical (unpaired) electrons. The van der Waals surface area contributed by atoms with Gasteiger partial charge in [0.1, 0.15) is 11.4 Å². The van der Waals surface area contributed by atoms with Gasteiger partial charge in [-0.05, 0) is 56.1 Å². The number of thiophene rings is 1. The van der Waals surface area contributed by atoms with E-state index < -0.39 is 0 Å². The molecular formula is C25H32N6O2S. The summed E-state index contributed by atoms with van der Waals surface area (Å²) in [6.07, 6.45) is 2.57. The molecule has 2 N–H and O–H groups in total. The number of likely N-dealkylation sites (N-methyl/N-ethyl adjacent to an activating group) is 1. The molecule has 0 spiro atoms. The van der Waals surface area contributed by atoms with E-state index in [9.17, 15) is 4.79 Å². The SMILES string of the molecule is CCNc1ncc2c(n1)N(C)CCN(c1cccc(CO[C@H](CCNC)c3cccs3)c1)C2=O. The van der Waals surface area contributed by atoms with Crippen LogP contribution in [0.15, 0.2) is 48.0 Å². The number of rotatable bonds is 10. The summed E-state index contributed by atoms with van der Waals surface area (Å²) in [4.78, 5) is 27.4. The fourth-order valence-corrected chi connectivity index (χ4v) is 4.78. The Labute approximate surface area is 205 Å². The highest BCUT2D eigenvalue weighted by atomic mass is 32.1. The lowest BCUT2D eigenvalue weighted by atomic mass is 10.1. The summed E-state index contributed by atoms with van der Waals surface area (Å²) in [6.45, 7) is 5.31. The average molecular weight is 481 g/mol. The molecule has 1 aliphatic rings. The number of ether oxygens (including phenoxy) is 1. The van der Waals surface area contributed by atoms with E-state index in [-0.39, 0.29) is 12.0 Å². The van der Waals surface area contributed by atoms with Gasteiger partial charge in [0.05, 0.1) is 12.7 Å². The molecular weight excluding hydrogens is 448 g/mol. The van der Waals surface area contributed by atoms with Crippen molar-refractivity contribution in [2.75, 3.05) is 55.4 Å². The van der Waals surface area contributed by atoms with Crippen molar-refractivity contribution >= 4 is 34.7 Å². The summed E-state index contributed by atoms with van der Waals surface area (Å²) >= 11 is 1.72. The van der Waals surface area contributed by atoms with Crippen molar-refractivity contribution < 1.29 is 9.53 Å². The molecule has 1 amide bonds. The molecule has 180 valence electrons. The smallest absolute Gasteiger partial charge is 0.263 e. The van der Waals surface area contributed by atoms with Crippen LogP contribution in [0, 0.1) is 0 Å². The molecule has 9 heteroatoms. The minimum atomic E-state index is -0.0917. The van der Waals surface area contributed by atoms with Crippen molar-refractivity contribution in [1.82, 2.24) is 15.3 Å². The van der Waals surface area contributed by atoms with Crippen LogP contribution in [-0.4, -0.2) is 56.1 Å². The Hall–Kier alpha value is -3.01. The summed E-state index contributed by atoms with van der Waals surface area (Å²) in [5.41, 5.74) is 2.40. The van der Waals surface area contributed by atoms with Crippen molar-refractivity contribution in [2.45, 2.75) is 26.1 Å². The highest BCUT2D eigenvalue weighted by Gasteiger charge is 2.28. The molecule has 8 nitrogen and oxygen atoms in total. The number of benzene rings is 1. The van der Waals surface area contributed by atoms with Crippen LogP contribution in [0.4, 0.5) is 17.5 Å². The van der Waals surface area contributed by atoms with E-state index in [0.717, 1.165) is 30.8 Å². The second kappa shape index (κ2) is 11.4. The molecule has 34 heavy (non-hydrogen) atoms. The van der Waals surface area contributed by atoms with Crippen LogP contribution in [-0.2, 0) is 11.3 Å². The van der Waals surface area contributed by atoms with E-state index in [1.165, 1.54) is 4.88 Å². The Kier molecular flexibility index (Phi) is 8.10. The molecule has 0 bridgehead atoms. The average Bonchev–Trinajstić information content (AvgIpc) is 3.35. The van der Waals surface area contributed by atoms with Crippen molar-refractivity contribution in [2.24, 2.45) is 0 Å². The summed E-state index contributed by atoms with van der Waals surface area (Å²) in [5, 5.41) is 8.40. The number of carbonyl (C=O) groups excluding carboxylic acids is 1. The third-order valence-electron chi connectivity index (χ3n) is 5.79. The van der Waals surface area contributed by atoms with Crippen LogP contribution in [0.3, 0.4) is 0 Å². The van der Waals surface area contributed by atoms with Gasteiger partial charge in [-0.15, -0.1) is 11.3 Å². The monoisotopic (exact) mass is 480 g/mol. The summed E-state index contributed by atoms with van der Waals surface area (Å²) < 4.78 is 6.31. The van der Waals surface area contributed by atoms with Gasteiger partial charge in [0.25, 0.3) is 5.91 Å². The van der Waals surface area contributed by atoms with Gasteiger partial charge in [-0.25, -0.2) is 4.98 Å². The van der Waals surface area contributed by atoms with Gasteiger partial charge in [0.2, 0.25) is 5.95 Å². The van der Waals surface area contributed by atoms with Gasteiger partial charge in [-0.3, -0.25) is 4.79 Å². The Morgan fingerprint density at radius 3 is 2.88 bits per heavy atom.